The van der Waals surface area contributed by atoms with Gasteiger partial charge >= 0.3 is 0 Å². The Morgan fingerprint density at radius 2 is 2.26 bits per heavy atom. The molecule has 1 aliphatic heterocycles. The van der Waals surface area contributed by atoms with Gasteiger partial charge in [0.1, 0.15) is 18.9 Å². The van der Waals surface area contributed by atoms with Gasteiger partial charge in [-0.15, -0.1) is 0 Å². The van der Waals surface area contributed by atoms with Crippen molar-refractivity contribution in [3.05, 3.63) is 22.7 Å². The van der Waals surface area contributed by atoms with Crippen LogP contribution < -0.4 is 0 Å². The zero-order valence-electron chi connectivity index (χ0n) is 10.2. The third-order valence-electron chi connectivity index (χ3n) is 3.25. The highest BCUT2D eigenvalue weighted by molar-refractivity contribution is 7.71. The molecule has 1 unspecified atom stereocenters. The minimum absolute atomic E-state index is 0.142. The van der Waals surface area contributed by atoms with Gasteiger partial charge in [-0.1, -0.05) is 0 Å². The van der Waals surface area contributed by atoms with E-state index in [1.807, 2.05) is 0 Å². The maximum Gasteiger partial charge on any atom is 0.201 e. The van der Waals surface area contributed by atoms with Gasteiger partial charge in [-0.25, -0.2) is 9.37 Å². The highest BCUT2D eigenvalue weighted by Crippen LogP contribution is 2.37. The molecule has 1 fully saturated rings. The Bertz CT molecular complexity index is 520. The fourth-order valence-corrected chi connectivity index (χ4v) is 2.35. The summed E-state index contributed by atoms with van der Waals surface area (Å²) in [4.78, 5) is 4.03. The second kappa shape index (κ2) is 5.22. The molecule has 4 atom stereocenters. The standard InChI is InChI=1S/C11H15FN2O4S/c1-6-2-3-14(10(19)13-6)9-7(16)8(17)11(4-12,5-15)18-9/h2-3,7-9,15-17H,4-5H2,1H3/t7-,8?,9+,11+/m0/s1. The van der Waals surface area contributed by atoms with Gasteiger partial charge < -0.3 is 20.1 Å². The summed E-state index contributed by atoms with van der Waals surface area (Å²) >= 11 is 5.04. The van der Waals surface area contributed by atoms with Gasteiger partial charge in [-0.05, 0) is 25.2 Å². The van der Waals surface area contributed by atoms with Crippen molar-refractivity contribution in [3.8, 4) is 0 Å². The van der Waals surface area contributed by atoms with Crippen LogP contribution in [0.25, 0.3) is 0 Å². The Hall–Kier alpha value is -0.930. The normalized spacial score (nSPS) is 34.7. The van der Waals surface area contributed by atoms with Crippen molar-refractivity contribution in [2.75, 3.05) is 13.3 Å². The van der Waals surface area contributed by atoms with Crippen LogP contribution in [0.3, 0.4) is 0 Å². The summed E-state index contributed by atoms with van der Waals surface area (Å²) in [5.74, 6) is 0. The Labute approximate surface area is 114 Å². The van der Waals surface area contributed by atoms with E-state index in [0.717, 1.165) is 0 Å². The monoisotopic (exact) mass is 290 g/mol. The van der Waals surface area contributed by atoms with Crippen LogP contribution in [-0.2, 0) is 4.74 Å². The molecule has 8 heteroatoms. The lowest BCUT2D eigenvalue weighted by atomic mass is 9.98. The number of hydrogen-bond donors (Lipinski definition) is 3. The van der Waals surface area contributed by atoms with Gasteiger partial charge in [0.25, 0.3) is 0 Å². The van der Waals surface area contributed by atoms with E-state index in [0.29, 0.717) is 5.69 Å². The summed E-state index contributed by atoms with van der Waals surface area (Å²) in [7, 11) is 0. The first kappa shape index (κ1) is 14.5. The molecule has 0 radical (unpaired) electrons. The van der Waals surface area contributed by atoms with Gasteiger partial charge in [-0.2, -0.15) is 0 Å². The van der Waals surface area contributed by atoms with Crippen LogP contribution in [0.1, 0.15) is 11.9 Å². The molecule has 2 heterocycles. The van der Waals surface area contributed by atoms with Crippen LogP contribution in [0, 0.1) is 11.7 Å². The van der Waals surface area contributed by atoms with E-state index in [1.165, 1.54) is 10.8 Å². The minimum Gasteiger partial charge on any atom is -0.393 e. The van der Waals surface area contributed by atoms with E-state index < -0.39 is 37.3 Å². The second-order valence-electron chi connectivity index (χ2n) is 4.56. The molecule has 3 N–H and O–H groups in total. The molecule has 1 aromatic heterocycles. The first-order valence-electron chi connectivity index (χ1n) is 5.72. The molecule has 6 nitrogen and oxygen atoms in total. The van der Waals surface area contributed by atoms with Gasteiger partial charge in [0.2, 0.25) is 4.77 Å². The van der Waals surface area contributed by atoms with Crippen LogP contribution in [0.4, 0.5) is 4.39 Å². The average molecular weight is 290 g/mol. The van der Waals surface area contributed by atoms with Crippen molar-refractivity contribution in [2.24, 2.45) is 0 Å². The molecule has 0 aliphatic carbocycles. The van der Waals surface area contributed by atoms with Crippen molar-refractivity contribution in [1.82, 2.24) is 9.55 Å². The Morgan fingerprint density at radius 1 is 1.58 bits per heavy atom. The van der Waals surface area contributed by atoms with E-state index in [9.17, 15) is 19.7 Å². The Balaban J connectivity index is 2.39. The number of rotatable bonds is 3. The molecule has 2 rings (SSSR count). The zero-order chi connectivity index (χ0) is 14.2. The molecule has 1 aliphatic rings. The number of alkyl halides is 1. The van der Waals surface area contributed by atoms with Crippen molar-refractivity contribution in [2.45, 2.75) is 31.0 Å². The van der Waals surface area contributed by atoms with Gasteiger partial charge in [0, 0.05) is 11.9 Å². The fraction of sp³-hybridized carbons (Fsp3) is 0.636. The molecule has 0 spiro atoms. The van der Waals surface area contributed by atoms with E-state index in [1.54, 1.807) is 13.0 Å². The molecule has 0 saturated carbocycles. The quantitative estimate of drug-likeness (QED) is 0.672. The van der Waals surface area contributed by atoms with Crippen molar-refractivity contribution in [3.63, 3.8) is 0 Å². The highest BCUT2D eigenvalue weighted by atomic mass is 32.1. The summed E-state index contributed by atoms with van der Waals surface area (Å²) in [5.41, 5.74) is -1.14. The number of nitrogens with zero attached hydrogens (tertiary/aromatic N) is 2. The molecular weight excluding hydrogens is 275 g/mol. The van der Waals surface area contributed by atoms with Gasteiger partial charge in [0.15, 0.2) is 11.8 Å². The highest BCUT2D eigenvalue weighted by Gasteiger charge is 2.55. The van der Waals surface area contributed by atoms with Crippen molar-refractivity contribution < 1.29 is 24.4 Å². The van der Waals surface area contributed by atoms with E-state index in [2.05, 4.69) is 4.98 Å². The lowest BCUT2D eigenvalue weighted by molar-refractivity contribution is -0.138. The largest absolute Gasteiger partial charge is 0.393 e. The Morgan fingerprint density at radius 3 is 2.74 bits per heavy atom. The van der Waals surface area contributed by atoms with E-state index in [-0.39, 0.29) is 4.77 Å². The SMILES string of the molecule is Cc1ccn([C@@H]2O[C@@](CO)(CF)C(O)[C@@H]2O)c(=S)n1. The minimum atomic E-state index is -1.83. The second-order valence-corrected chi connectivity index (χ2v) is 4.92. The summed E-state index contributed by atoms with van der Waals surface area (Å²) in [6.45, 7) is -0.115. The third-order valence-corrected chi connectivity index (χ3v) is 3.55. The fourth-order valence-electron chi connectivity index (χ4n) is 2.04. The topological polar surface area (TPSA) is 87.7 Å². The Kier molecular flexibility index (Phi) is 3.98. The predicted molar refractivity (Wildman–Crippen MR) is 65.7 cm³/mol. The molecule has 19 heavy (non-hydrogen) atoms. The molecule has 1 saturated heterocycles. The molecule has 0 aromatic carbocycles. The number of aliphatic hydroxyl groups excluding tert-OH is 3. The van der Waals surface area contributed by atoms with E-state index in [4.69, 9.17) is 17.0 Å². The summed E-state index contributed by atoms with van der Waals surface area (Å²) in [6.07, 6.45) is -2.50. The van der Waals surface area contributed by atoms with Crippen LogP contribution in [0.5, 0.6) is 0 Å². The molecule has 0 bridgehead atoms. The van der Waals surface area contributed by atoms with Crippen molar-refractivity contribution in [1.29, 1.82) is 0 Å². The van der Waals surface area contributed by atoms with Crippen LogP contribution in [0.15, 0.2) is 12.3 Å². The third kappa shape index (κ3) is 2.30. The van der Waals surface area contributed by atoms with Crippen LogP contribution >= 0.6 is 12.2 Å². The number of aryl methyl sites for hydroxylation is 1. The lowest BCUT2D eigenvalue weighted by Crippen LogP contribution is -2.48. The zero-order valence-corrected chi connectivity index (χ0v) is 11.0. The van der Waals surface area contributed by atoms with E-state index >= 15 is 0 Å². The number of ether oxygens (including phenoxy) is 1. The maximum atomic E-state index is 13.0. The number of aromatic nitrogens is 2. The number of halogens is 1. The average Bonchev–Trinajstić information content (AvgIpc) is 2.64. The van der Waals surface area contributed by atoms with Gasteiger partial charge in [-0.3, -0.25) is 4.57 Å². The maximum absolute atomic E-state index is 13.0. The van der Waals surface area contributed by atoms with Gasteiger partial charge in [0.05, 0.1) is 6.61 Å². The smallest absolute Gasteiger partial charge is 0.201 e. The van der Waals surface area contributed by atoms with Crippen LogP contribution in [0.2, 0.25) is 0 Å². The number of aliphatic hydroxyl groups is 3. The summed E-state index contributed by atoms with van der Waals surface area (Å²) in [6, 6.07) is 1.65. The summed E-state index contributed by atoms with van der Waals surface area (Å²) < 4.78 is 19.8. The van der Waals surface area contributed by atoms with Crippen molar-refractivity contribution >= 4 is 12.2 Å². The molecule has 0 amide bonds. The first-order chi connectivity index (χ1) is 8.95. The predicted octanol–water partition coefficient (Wildman–Crippen LogP) is -0.128. The first-order valence-corrected chi connectivity index (χ1v) is 6.12. The van der Waals surface area contributed by atoms with Crippen LogP contribution in [-0.4, -0.2) is 56.0 Å². The number of hydrogen-bond acceptors (Lipinski definition) is 6. The molecule has 1 aromatic rings. The molecular formula is C11H15FN2O4S. The summed E-state index contributed by atoms with van der Waals surface area (Å²) in [5, 5.41) is 29.0. The molecule has 106 valence electrons. The lowest BCUT2D eigenvalue weighted by Gasteiger charge is -2.26.